The highest BCUT2D eigenvalue weighted by molar-refractivity contribution is 6.17. The summed E-state index contributed by atoms with van der Waals surface area (Å²) in [7, 11) is 1.60. The first-order chi connectivity index (χ1) is 12.6. The predicted molar refractivity (Wildman–Crippen MR) is 113 cm³/mol. The van der Waals surface area contributed by atoms with Crippen LogP contribution in [0.3, 0.4) is 0 Å². The standard InChI is InChI=1S/C24H28ClFO/c1-23(2)12-17(13-24(3,4)15-23)20-10-16(14-25)6-8-19(20)21-11-18(27-5)7-9-22(21)26/h6-12H,13-15H2,1-5H3. The van der Waals surface area contributed by atoms with Crippen molar-refractivity contribution in [2.45, 2.75) is 46.4 Å². The van der Waals surface area contributed by atoms with Crippen LogP contribution < -0.4 is 4.74 Å². The number of methoxy groups -OCH3 is 1. The average molecular weight is 387 g/mol. The molecule has 0 aromatic heterocycles. The first kappa shape index (κ1) is 19.9. The number of allylic oxidation sites excluding steroid dienone is 2. The third-order valence-electron chi connectivity index (χ3n) is 5.22. The van der Waals surface area contributed by atoms with Crippen molar-refractivity contribution in [2.24, 2.45) is 10.8 Å². The minimum Gasteiger partial charge on any atom is -0.497 e. The van der Waals surface area contributed by atoms with E-state index in [2.05, 4.69) is 39.8 Å². The lowest BCUT2D eigenvalue weighted by atomic mass is 9.65. The summed E-state index contributed by atoms with van der Waals surface area (Å²) < 4.78 is 20.0. The molecule has 0 N–H and O–H groups in total. The fourth-order valence-electron chi connectivity index (χ4n) is 4.57. The maximum Gasteiger partial charge on any atom is 0.131 e. The molecule has 0 aliphatic heterocycles. The fourth-order valence-corrected chi connectivity index (χ4v) is 4.74. The Labute approximate surface area is 167 Å². The highest BCUT2D eigenvalue weighted by Crippen LogP contribution is 2.49. The van der Waals surface area contributed by atoms with Gasteiger partial charge in [0.15, 0.2) is 0 Å². The molecule has 1 nitrogen and oxygen atoms in total. The third kappa shape index (κ3) is 4.38. The van der Waals surface area contributed by atoms with Gasteiger partial charge in [-0.1, -0.05) is 45.9 Å². The molecule has 2 aromatic carbocycles. The molecular weight excluding hydrogens is 359 g/mol. The Hall–Kier alpha value is -1.80. The fraction of sp³-hybridized carbons (Fsp3) is 0.417. The summed E-state index contributed by atoms with van der Waals surface area (Å²) in [6, 6.07) is 11.0. The van der Waals surface area contributed by atoms with Gasteiger partial charge in [0, 0.05) is 11.4 Å². The summed E-state index contributed by atoms with van der Waals surface area (Å²) in [5, 5.41) is 0. The average Bonchev–Trinajstić information content (AvgIpc) is 2.59. The van der Waals surface area contributed by atoms with Crippen molar-refractivity contribution in [3.05, 3.63) is 59.4 Å². The van der Waals surface area contributed by atoms with Crippen molar-refractivity contribution < 1.29 is 9.13 Å². The number of alkyl halides is 1. The Morgan fingerprint density at radius 1 is 1.00 bits per heavy atom. The largest absolute Gasteiger partial charge is 0.497 e. The van der Waals surface area contributed by atoms with Crippen LogP contribution in [0.4, 0.5) is 4.39 Å². The molecule has 0 heterocycles. The van der Waals surface area contributed by atoms with E-state index >= 15 is 0 Å². The van der Waals surface area contributed by atoms with Gasteiger partial charge in [0.05, 0.1) is 7.11 Å². The minimum absolute atomic E-state index is 0.0955. The van der Waals surface area contributed by atoms with Gasteiger partial charge in [-0.05, 0) is 70.2 Å². The van der Waals surface area contributed by atoms with Crippen LogP contribution in [0.1, 0.15) is 51.7 Å². The van der Waals surface area contributed by atoms with Crippen LogP contribution in [0.25, 0.3) is 16.7 Å². The van der Waals surface area contributed by atoms with E-state index in [0.717, 1.165) is 29.5 Å². The van der Waals surface area contributed by atoms with Gasteiger partial charge in [0.25, 0.3) is 0 Å². The molecule has 3 rings (SSSR count). The van der Waals surface area contributed by atoms with Gasteiger partial charge in [-0.25, -0.2) is 4.39 Å². The minimum atomic E-state index is -0.245. The molecule has 0 amide bonds. The number of rotatable bonds is 4. The summed E-state index contributed by atoms with van der Waals surface area (Å²) in [6.07, 6.45) is 4.44. The van der Waals surface area contributed by atoms with E-state index in [1.54, 1.807) is 19.2 Å². The van der Waals surface area contributed by atoms with E-state index in [1.807, 2.05) is 12.1 Å². The number of benzene rings is 2. The van der Waals surface area contributed by atoms with Crippen LogP contribution in [-0.2, 0) is 5.88 Å². The lowest BCUT2D eigenvalue weighted by molar-refractivity contribution is 0.229. The molecule has 3 heteroatoms. The molecule has 0 radical (unpaired) electrons. The van der Waals surface area contributed by atoms with E-state index in [9.17, 15) is 4.39 Å². The van der Waals surface area contributed by atoms with Crippen molar-refractivity contribution in [1.29, 1.82) is 0 Å². The molecule has 0 fully saturated rings. The molecule has 0 saturated heterocycles. The van der Waals surface area contributed by atoms with E-state index in [4.69, 9.17) is 16.3 Å². The monoisotopic (exact) mass is 386 g/mol. The maximum atomic E-state index is 14.7. The van der Waals surface area contributed by atoms with Crippen molar-refractivity contribution in [3.8, 4) is 16.9 Å². The number of hydrogen-bond acceptors (Lipinski definition) is 1. The summed E-state index contributed by atoms with van der Waals surface area (Å²) in [5.74, 6) is 0.844. The molecule has 0 unspecified atom stereocenters. The smallest absolute Gasteiger partial charge is 0.131 e. The van der Waals surface area contributed by atoms with E-state index in [1.165, 1.54) is 11.6 Å². The normalized spacial score (nSPS) is 18.1. The SMILES string of the molecule is COc1ccc(F)c(-c2ccc(CCl)cc2C2=CC(C)(C)CC(C)(C)C2)c1. The van der Waals surface area contributed by atoms with Crippen molar-refractivity contribution >= 4 is 17.2 Å². The van der Waals surface area contributed by atoms with Gasteiger partial charge in [-0.3, -0.25) is 0 Å². The summed E-state index contributed by atoms with van der Waals surface area (Å²) >= 11 is 6.11. The van der Waals surface area contributed by atoms with Crippen LogP contribution in [0.15, 0.2) is 42.5 Å². The Morgan fingerprint density at radius 2 is 1.74 bits per heavy atom. The summed E-state index contributed by atoms with van der Waals surface area (Å²) in [5.41, 5.74) is 5.11. The molecule has 0 saturated carbocycles. The predicted octanol–water partition coefficient (Wildman–Crippen LogP) is 7.47. The van der Waals surface area contributed by atoms with Gasteiger partial charge < -0.3 is 4.74 Å². The van der Waals surface area contributed by atoms with Gasteiger partial charge in [0.1, 0.15) is 11.6 Å². The highest BCUT2D eigenvalue weighted by atomic mass is 35.5. The second-order valence-electron chi connectivity index (χ2n) is 9.04. The quantitative estimate of drug-likeness (QED) is 0.495. The molecule has 27 heavy (non-hydrogen) atoms. The van der Waals surface area contributed by atoms with Crippen LogP contribution >= 0.6 is 11.6 Å². The second kappa shape index (κ2) is 7.31. The van der Waals surface area contributed by atoms with Crippen LogP contribution in [0, 0.1) is 16.6 Å². The highest BCUT2D eigenvalue weighted by Gasteiger charge is 2.34. The van der Waals surface area contributed by atoms with Crippen LogP contribution in [0.5, 0.6) is 5.75 Å². The topological polar surface area (TPSA) is 9.23 Å². The van der Waals surface area contributed by atoms with Gasteiger partial charge in [0.2, 0.25) is 0 Å². The number of hydrogen-bond donors (Lipinski definition) is 0. The molecular formula is C24H28ClFO. The zero-order valence-electron chi connectivity index (χ0n) is 16.8. The second-order valence-corrected chi connectivity index (χ2v) is 9.30. The lowest BCUT2D eigenvalue weighted by Crippen LogP contribution is -2.26. The maximum absolute atomic E-state index is 14.7. The first-order valence-electron chi connectivity index (χ1n) is 9.39. The van der Waals surface area contributed by atoms with Gasteiger partial charge >= 0.3 is 0 Å². The van der Waals surface area contributed by atoms with Gasteiger partial charge in [-0.15, -0.1) is 11.6 Å². The summed E-state index contributed by atoms with van der Waals surface area (Å²) in [4.78, 5) is 0. The van der Waals surface area contributed by atoms with E-state index in [0.29, 0.717) is 17.2 Å². The molecule has 1 aliphatic rings. The lowest BCUT2D eigenvalue weighted by Gasteiger charge is -2.40. The Morgan fingerprint density at radius 3 is 2.37 bits per heavy atom. The van der Waals surface area contributed by atoms with Crippen molar-refractivity contribution in [1.82, 2.24) is 0 Å². The molecule has 0 spiro atoms. The first-order valence-corrected chi connectivity index (χ1v) is 9.92. The molecule has 2 aromatic rings. The van der Waals surface area contributed by atoms with Crippen molar-refractivity contribution in [3.63, 3.8) is 0 Å². The van der Waals surface area contributed by atoms with Crippen LogP contribution in [-0.4, -0.2) is 7.11 Å². The Balaban J connectivity index is 2.23. The van der Waals surface area contributed by atoms with Gasteiger partial charge in [-0.2, -0.15) is 0 Å². The molecule has 0 atom stereocenters. The zero-order chi connectivity index (χ0) is 19.8. The molecule has 1 aliphatic carbocycles. The number of ether oxygens (including phenoxy) is 1. The molecule has 144 valence electrons. The van der Waals surface area contributed by atoms with E-state index < -0.39 is 0 Å². The molecule has 0 bridgehead atoms. The zero-order valence-corrected chi connectivity index (χ0v) is 17.6. The van der Waals surface area contributed by atoms with E-state index in [-0.39, 0.29) is 16.6 Å². The van der Waals surface area contributed by atoms with Crippen LogP contribution in [0.2, 0.25) is 0 Å². The number of halogens is 2. The summed E-state index contributed by atoms with van der Waals surface area (Å²) in [6.45, 7) is 9.15. The Bertz CT molecular complexity index is 880. The Kier molecular flexibility index (Phi) is 5.40. The van der Waals surface area contributed by atoms with Crippen molar-refractivity contribution in [2.75, 3.05) is 7.11 Å². The third-order valence-corrected chi connectivity index (χ3v) is 5.52.